The molecule has 34 heavy (non-hydrogen) atoms. The number of carbonyl (C=O) groups excluding carboxylic acids is 2. The van der Waals surface area contributed by atoms with Crippen LogP contribution in [0, 0.1) is 11.8 Å². The van der Waals surface area contributed by atoms with Crippen LogP contribution in [0.4, 0.5) is 11.4 Å². The quantitative estimate of drug-likeness (QED) is 0.347. The van der Waals surface area contributed by atoms with Gasteiger partial charge in [-0.05, 0) is 57.1 Å². The second kappa shape index (κ2) is 9.54. The number of carbonyl (C=O) groups is 2. The van der Waals surface area contributed by atoms with Crippen LogP contribution < -0.4 is 15.5 Å². The highest BCUT2D eigenvalue weighted by Gasteiger charge is 2.66. The minimum atomic E-state index is -2.74. The van der Waals surface area contributed by atoms with E-state index in [9.17, 15) is 19.5 Å². The Morgan fingerprint density at radius 2 is 2.21 bits per heavy atom. The summed E-state index contributed by atoms with van der Waals surface area (Å²) in [6.07, 6.45) is 3.41. The Morgan fingerprint density at radius 1 is 1.44 bits per heavy atom. The highest BCUT2D eigenvalue weighted by molar-refractivity contribution is 6.71. The van der Waals surface area contributed by atoms with Crippen molar-refractivity contribution in [2.24, 2.45) is 11.8 Å². The van der Waals surface area contributed by atoms with E-state index in [0.717, 1.165) is 25.1 Å². The lowest BCUT2D eigenvalue weighted by Crippen LogP contribution is -2.46. The molecule has 5 atom stereocenters. The average molecular weight is 488 g/mol. The Kier molecular flexibility index (Phi) is 7.03. The van der Waals surface area contributed by atoms with Gasteiger partial charge in [0.1, 0.15) is 0 Å². The number of piperidine rings is 1. The van der Waals surface area contributed by atoms with E-state index in [2.05, 4.69) is 17.2 Å². The van der Waals surface area contributed by atoms with E-state index < -0.39 is 20.0 Å². The molecule has 1 aromatic carbocycles. The molecule has 1 aromatic rings. The van der Waals surface area contributed by atoms with Gasteiger partial charge in [-0.1, -0.05) is 13.0 Å². The Bertz CT molecular complexity index is 958. The highest BCUT2D eigenvalue weighted by atomic mass is 28.4. The molecule has 3 aliphatic heterocycles. The van der Waals surface area contributed by atoms with Gasteiger partial charge in [-0.2, -0.15) is 0 Å². The molecule has 2 amide bonds. The van der Waals surface area contributed by atoms with Crippen molar-refractivity contribution in [3.63, 3.8) is 0 Å². The Morgan fingerprint density at radius 3 is 2.82 bits per heavy atom. The van der Waals surface area contributed by atoms with Gasteiger partial charge >= 0.3 is 0 Å². The summed E-state index contributed by atoms with van der Waals surface area (Å²) in [5.74, 6) is -0.603. The largest absolute Gasteiger partial charge is 0.432 e. The molecule has 0 aliphatic carbocycles. The van der Waals surface area contributed by atoms with E-state index in [4.69, 9.17) is 4.74 Å². The Hall–Kier alpha value is -2.04. The standard InChI is InChI=1S/C25H37N3O5Si/c1-5-12-28-20-9-8-18(27-23(30)17-7-6-11-26-15-17)14-19(20)25(24(28)31)16(2)22(34(3,4)32)21(33-25)10-13-29/h5,8-9,14,16-17,21-22,26,29,32H,1,6-7,10-13,15H2,2-4H3,(H,27,30)/t16-,17?,21+,22-,25+/m0/s1. The van der Waals surface area contributed by atoms with Crippen molar-refractivity contribution >= 4 is 31.5 Å². The van der Waals surface area contributed by atoms with Gasteiger partial charge in [0, 0.05) is 42.4 Å². The molecule has 4 N–H and O–H groups in total. The van der Waals surface area contributed by atoms with Crippen LogP contribution in [0.15, 0.2) is 30.9 Å². The summed E-state index contributed by atoms with van der Waals surface area (Å²) >= 11 is 0. The maximum atomic E-state index is 13.9. The van der Waals surface area contributed by atoms with Crippen molar-refractivity contribution < 1.29 is 24.2 Å². The molecule has 8 nitrogen and oxygen atoms in total. The van der Waals surface area contributed by atoms with Crippen LogP contribution >= 0.6 is 0 Å². The van der Waals surface area contributed by atoms with Crippen LogP contribution in [0.5, 0.6) is 0 Å². The molecule has 186 valence electrons. The molecular formula is C25H37N3O5Si. The zero-order valence-corrected chi connectivity index (χ0v) is 21.3. The van der Waals surface area contributed by atoms with Crippen LogP contribution in [0.1, 0.15) is 31.7 Å². The number of rotatable bonds is 7. The molecule has 3 heterocycles. The average Bonchev–Trinajstić information content (AvgIpc) is 3.22. The second-order valence-corrected chi connectivity index (χ2v) is 14.3. The summed E-state index contributed by atoms with van der Waals surface area (Å²) in [5, 5.41) is 16.0. The topological polar surface area (TPSA) is 111 Å². The predicted octanol–water partition coefficient (Wildman–Crippen LogP) is 2.34. The van der Waals surface area contributed by atoms with Crippen LogP contribution in [0.2, 0.25) is 18.6 Å². The zero-order chi connectivity index (χ0) is 24.7. The van der Waals surface area contributed by atoms with Crippen molar-refractivity contribution in [1.29, 1.82) is 0 Å². The van der Waals surface area contributed by atoms with E-state index in [0.29, 0.717) is 30.8 Å². The predicted molar refractivity (Wildman–Crippen MR) is 134 cm³/mol. The first-order valence-corrected chi connectivity index (χ1v) is 15.3. The number of hydrogen-bond donors (Lipinski definition) is 4. The molecule has 0 radical (unpaired) electrons. The van der Waals surface area contributed by atoms with Crippen LogP contribution in [-0.4, -0.2) is 62.4 Å². The molecule has 1 spiro atoms. The number of anilines is 2. The van der Waals surface area contributed by atoms with Gasteiger partial charge in [-0.25, -0.2) is 0 Å². The minimum Gasteiger partial charge on any atom is -0.432 e. The number of nitrogens with one attached hydrogen (secondary N) is 2. The van der Waals surface area contributed by atoms with Crippen molar-refractivity contribution in [3.8, 4) is 0 Å². The van der Waals surface area contributed by atoms with Crippen molar-refractivity contribution in [2.45, 2.75) is 56.5 Å². The number of fused-ring (bicyclic) bond motifs is 2. The first-order chi connectivity index (χ1) is 16.1. The van der Waals surface area contributed by atoms with Gasteiger partial charge < -0.3 is 30.2 Å². The third-order valence-corrected chi connectivity index (χ3v) is 10.1. The number of amides is 2. The molecule has 4 rings (SSSR count). The van der Waals surface area contributed by atoms with Crippen molar-refractivity contribution in [3.05, 3.63) is 36.4 Å². The fourth-order valence-corrected chi connectivity index (χ4v) is 8.79. The summed E-state index contributed by atoms with van der Waals surface area (Å²) in [5.41, 5.74) is 0.556. The highest BCUT2D eigenvalue weighted by Crippen LogP contribution is 2.59. The summed E-state index contributed by atoms with van der Waals surface area (Å²) in [6.45, 7) is 11.3. The second-order valence-electron chi connectivity index (χ2n) is 10.3. The molecule has 0 bridgehead atoms. The normalized spacial score (nSPS) is 31.1. The van der Waals surface area contributed by atoms with E-state index in [-0.39, 0.29) is 35.8 Å². The van der Waals surface area contributed by atoms with E-state index in [1.807, 2.05) is 38.2 Å². The maximum absolute atomic E-state index is 13.9. The Balaban J connectivity index is 1.75. The number of aliphatic hydroxyl groups is 1. The molecule has 0 aromatic heterocycles. The summed E-state index contributed by atoms with van der Waals surface area (Å²) in [7, 11) is -2.74. The smallest absolute Gasteiger partial charge is 0.264 e. The lowest BCUT2D eigenvalue weighted by atomic mass is 9.82. The number of nitrogens with zero attached hydrogens (tertiary/aromatic N) is 1. The third kappa shape index (κ3) is 4.13. The molecule has 2 saturated heterocycles. The van der Waals surface area contributed by atoms with Gasteiger partial charge in [0.05, 0.1) is 17.7 Å². The summed E-state index contributed by atoms with van der Waals surface area (Å²) < 4.78 is 6.56. The molecule has 0 saturated carbocycles. The molecule has 1 unspecified atom stereocenters. The number of aliphatic hydroxyl groups excluding tert-OH is 1. The maximum Gasteiger partial charge on any atom is 0.264 e. The van der Waals surface area contributed by atoms with Crippen molar-refractivity contribution in [1.82, 2.24) is 5.32 Å². The first-order valence-electron chi connectivity index (χ1n) is 12.2. The Labute approximate surface area is 202 Å². The first kappa shape index (κ1) is 25.1. The third-order valence-electron chi connectivity index (χ3n) is 7.64. The van der Waals surface area contributed by atoms with Crippen LogP contribution in [-0.2, 0) is 19.9 Å². The van der Waals surface area contributed by atoms with Crippen LogP contribution in [0.25, 0.3) is 0 Å². The lowest BCUT2D eigenvalue weighted by molar-refractivity contribution is -0.146. The molecule has 2 fully saturated rings. The zero-order valence-electron chi connectivity index (χ0n) is 20.3. The molecule has 9 heteroatoms. The fourth-order valence-electron chi connectivity index (χ4n) is 6.18. The van der Waals surface area contributed by atoms with Crippen LogP contribution in [0.3, 0.4) is 0 Å². The van der Waals surface area contributed by atoms with Crippen molar-refractivity contribution in [2.75, 3.05) is 36.5 Å². The minimum absolute atomic E-state index is 0.0335. The van der Waals surface area contributed by atoms with Gasteiger partial charge in [0.2, 0.25) is 5.91 Å². The SMILES string of the molecule is C=CCN1C(=O)[C@]2(O[C@H](CCO)[C@@H]([Si](C)(C)O)[C@@H]2C)c2cc(NC(=O)C3CCCNC3)ccc21. The lowest BCUT2D eigenvalue weighted by Gasteiger charge is -2.32. The van der Waals surface area contributed by atoms with Gasteiger partial charge in [0.25, 0.3) is 5.91 Å². The van der Waals surface area contributed by atoms with Gasteiger partial charge in [-0.3, -0.25) is 9.59 Å². The monoisotopic (exact) mass is 487 g/mol. The number of hydrogen-bond acceptors (Lipinski definition) is 6. The van der Waals surface area contributed by atoms with E-state index >= 15 is 0 Å². The fraction of sp³-hybridized carbons (Fsp3) is 0.600. The van der Waals surface area contributed by atoms with Gasteiger partial charge in [0.15, 0.2) is 13.9 Å². The molecular weight excluding hydrogens is 450 g/mol. The number of benzene rings is 1. The summed E-state index contributed by atoms with van der Waals surface area (Å²) in [4.78, 5) is 39.6. The summed E-state index contributed by atoms with van der Waals surface area (Å²) in [6, 6.07) is 5.53. The van der Waals surface area contributed by atoms with E-state index in [1.54, 1.807) is 11.0 Å². The molecule has 3 aliphatic rings. The van der Waals surface area contributed by atoms with Gasteiger partial charge in [-0.15, -0.1) is 6.58 Å². The number of ether oxygens (including phenoxy) is 1. The van der Waals surface area contributed by atoms with E-state index in [1.165, 1.54) is 0 Å².